The minimum atomic E-state index is -0.302. The van der Waals surface area contributed by atoms with Gasteiger partial charge in [-0.25, -0.2) is 4.98 Å². The monoisotopic (exact) mass is 233 g/mol. The zero-order valence-electron chi connectivity index (χ0n) is 9.17. The van der Waals surface area contributed by atoms with Gasteiger partial charge < -0.3 is 9.88 Å². The van der Waals surface area contributed by atoms with Crippen molar-refractivity contribution >= 4 is 5.91 Å². The van der Waals surface area contributed by atoms with Crippen LogP contribution in [0, 0.1) is 0 Å². The van der Waals surface area contributed by atoms with E-state index in [2.05, 4.69) is 20.2 Å². The number of rotatable bonds is 3. The van der Waals surface area contributed by atoms with Crippen LogP contribution in [0.2, 0.25) is 0 Å². The zero-order chi connectivity index (χ0) is 12.3. The molecule has 7 heteroatoms. The first kappa shape index (κ1) is 11.1. The number of aromatic nitrogens is 4. The van der Waals surface area contributed by atoms with Crippen molar-refractivity contribution in [1.82, 2.24) is 25.1 Å². The third kappa shape index (κ3) is 2.57. The van der Waals surface area contributed by atoms with Crippen molar-refractivity contribution in [3.63, 3.8) is 0 Å². The van der Waals surface area contributed by atoms with Crippen LogP contribution in [0.15, 0.2) is 29.5 Å². The van der Waals surface area contributed by atoms with Crippen LogP contribution < -0.4 is 5.56 Å². The smallest absolute Gasteiger partial charge is 0.254 e. The molecule has 0 aliphatic heterocycles. The molecule has 0 radical (unpaired) electrons. The molecule has 0 bridgehead atoms. The van der Waals surface area contributed by atoms with Crippen molar-refractivity contribution in [1.29, 1.82) is 0 Å². The number of H-pyrrole nitrogens is 2. The summed E-state index contributed by atoms with van der Waals surface area (Å²) in [5, 5.41) is 6.36. The number of aromatic amines is 2. The van der Waals surface area contributed by atoms with Gasteiger partial charge in [-0.3, -0.25) is 14.7 Å². The molecule has 2 heterocycles. The van der Waals surface area contributed by atoms with E-state index < -0.39 is 0 Å². The summed E-state index contributed by atoms with van der Waals surface area (Å²) in [6, 6.07) is 2.82. The molecular weight excluding hydrogens is 222 g/mol. The Morgan fingerprint density at radius 2 is 2.35 bits per heavy atom. The molecule has 0 aliphatic rings. The Labute approximate surface area is 96.5 Å². The van der Waals surface area contributed by atoms with Crippen molar-refractivity contribution in [2.45, 2.75) is 6.54 Å². The van der Waals surface area contributed by atoms with Crippen molar-refractivity contribution in [2.24, 2.45) is 0 Å². The molecule has 2 rings (SSSR count). The Hall–Kier alpha value is -2.44. The molecule has 0 saturated heterocycles. The lowest BCUT2D eigenvalue weighted by Gasteiger charge is -2.15. The summed E-state index contributed by atoms with van der Waals surface area (Å²) in [5.41, 5.74) is 0.0414. The molecule has 0 aliphatic carbocycles. The second kappa shape index (κ2) is 4.60. The number of carbonyl (C=O) groups is 1. The fourth-order valence-electron chi connectivity index (χ4n) is 1.40. The van der Waals surface area contributed by atoms with Gasteiger partial charge >= 0.3 is 0 Å². The topological polar surface area (TPSA) is 94.7 Å². The van der Waals surface area contributed by atoms with Gasteiger partial charge in [-0.15, -0.1) is 0 Å². The highest BCUT2D eigenvalue weighted by molar-refractivity contribution is 5.93. The van der Waals surface area contributed by atoms with Crippen LogP contribution in [-0.2, 0) is 6.54 Å². The maximum Gasteiger partial charge on any atom is 0.254 e. The highest BCUT2D eigenvalue weighted by atomic mass is 16.2. The molecule has 1 amide bonds. The van der Waals surface area contributed by atoms with Gasteiger partial charge in [0, 0.05) is 24.9 Å². The first-order valence-corrected chi connectivity index (χ1v) is 4.95. The Kier molecular flexibility index (Phi) is 2.99. The normalized spacial score (nSPS) is 10.2. The van der Waals surface area contributed by atoms with E-state index in [9.17, 15) is 9.59 Å². The van der Waals surface area contributed by atoms with Gasteiger partial charge in [-0.2, -0.15) is 5.10 Å². The third-order valence-electron chi connectivity index (χ3n) is 2.22. The van der Waals surface area contributed by atoms with Gasteiger partial charge in [0.1, 0.15) is 12.2 Å². The molecule has 17 heavy (non-hydrogen) atoms. The average molecular weight is 233 g/mol. The molecule has 2 aromatic heterocycles. The van der Waals surface area contributed by atoms with Gasteiger partial charge in [-0.1, -0.05) is 0 Å². The lowest BCUT2D eigenvalue weighted by Crippen LogP contribution is -2.27. The molecule has 0 unspecified atom stereocenters. The van der Waals surface area contributed by atoms with Crippen LogP contribution in [0.5, 0.6) is 0 Å². The number of hydrogen-bond acceptors (Lipinski definition) is 4. The van der Waals surface area contributed by atoms with E-state index in [1.807, 2.05) is 0 Å². The van der Waals surface area contributed by atoms with E-state index >= 15 is 0 Å². The number of hydrogen-bond donors (Lipinski definition) is 2. The van der Waals surface area contributed by atoms with Gasteiger partial charge in [-0.05, 0) is 6.07 Å². The van der Waals surface area contributed by atoms with Crippen molar-refractivity contribution in [3.05, 3.63) is 46.4 Å². The van der Waals surface area contributed by atoms with Crippen molar-refractivity contribution < 1.29 is 4.79 Å². The Morgan fingerprint density at radius 1 is 1.53 bits per heavy atom. The second-order valence-electron chi connectivity index (χ2n) is 3.53. The van der Waals surface area contributed by atoms with Crippen molar-refractivity contribution in [3.8, 4) is 0 Å². The van der Waals surface area contributed by atoms with Crippen LogP contribution in [0.25, 0.3) is 0 Å². The molecular formula is C10H11N5O2. The Bertz CT molecular complexity index is 560. The average Bonchev–Trinajstić information content (AvgIpc) is 2.80. The Balaban J connectivity index is 2.12. The predicted octanol–water partition coefficient (Wildman–Crippen LogP) is -0.235. The minimum Gasteiger partial charge on any atom is -0.334 e. The SMILES string of the molecule is CN(Cc1ncn[nH]1)C(=O)c1cc[nH]c(=O)c1. The second-order valence-corrected chi connectivity index (χ2v) is 3.53. The van der Waals surface area contributed by atoms with Gasteiger partial charge in [0.05, 0.1) is 6.54 Å². The van der Waals surface area contributed by atoms with Gasteiger partial charge in [0.2, 0.25) is 5.56 Å². The highest BCUT2D eigenvalue weighted by Crippen LogP contribution is 2.02. The number of nitrogens with zero attached hydrogens (tertiary/aromatic N) is 3. The molecule has 2 aromatic rings. The van der Waals surface area contributed by atoms with Gasteiger partial charge in [0.25, 0.3) is 5.91 Å². The number of pyridine rings is 1. The summed E-state index contributed by atoms with van der Waals surface area (Å²) in [6.45, 7) is 0.311. The van der Waals surface area contributed by atoms with E-state index in [1.54, 1.807) is 13.1 Å². The largest absolute Gasteiger partial charge is 0.334 e. The van der Waals surface area contributed by atoms with E-state index in [-0.39, 0.29) is 11.5 Å². The van der Waals surface area contributed by atoms with Crippen molar-refractivity contribution in [2.75, 3.05) is 7.05 Å². The maximum absolute atomic E-state index is 11.9. The van der Waals surface area contributed by atoms with Crippen LogP contribution in [-0.4, -0.2) is 38.0 Å². The van der Waals surface area contributed by atoms with E-state index in [0.717, 1.165) is 0 Å². The standard InChI is InChI=1S/C10H11N5O2/c1-15(5-8-12-6-13-14-8)10(17)7-2-3-11-9(16)4-7/h2-4,6H,5H2,1H3,(H,11,16)(H,12,13,14). The summed E-state index contributed by atoms with van der Waals surface area (Å²) in [4.78, 5) is 30.8. The Morgan fingerprint density at radius 3 is 3.00 bits per heavy atom. The van der Waals surface area contributed by atoms with Crippen LogP contribution in [0.1, 0.15) is 16.2 Å². The highest BCUT2D eigenvalue weighted by Gasteiger charge is 2.13. The fraction of sp³-hybridized carbons (Fsp3) is 0.200. The lowest BCUT2D eigenvalue weighted by atomic mass is 10.2. The zero-order valence-corrected chi connectivity index (χ0v) is 9.17. The molecule has 88 valence electrons. The molecule has 0 saturated carbocycles. The van der Waals surface area contributed by atoms with E-state index in [4.69, 9.17) is 0 Å². The summed E-state index contributed by atoms with van der Waals surface area (Å²) in [7, 11) is 1.63. The first-order valence-electron chi connectivity index (χ1n) is 4.95. The maximum atomic E-state index is 11.9. The van der Waals surface area contributed by atoms with Crippen LogP contribution in [0.4, 0.5) is 0 Å². The number of carbonyl (C=O) groups excluding carboxylic acids is 1. The lowest BCUT2D eigenvalue weighted by molar-refractivity contribution is 0.0781. The molecule has 2 N–H and O–H groups in total. The molecule has 0 spiro atoms. The molecule has 0 fully saturated rings. The molecule has 0 atom stereocenters. The molecule has 7 nitrogen and oxygen atoms in total. The van der Waals surface area contributed by atoms with E-state index in [1.165, 1.54) is 23.5 Å². The number of nitrogens with one attached hydrogen (secondary N) is 2. The van der Waals surface area contributed by atoms with Gasteiger partial charge in [0.15, 0.2) is 0 Å². The van der Waals surface area contributed by atoms with Crippen LogP contribution >= 0.6 is 0 Å². The minimum absolute atomic E-state index is 0.243. The predicted molar refractivity (Wildman–Crippen MR) is 59.2 cm³/mol. The number of amides is 1. The summed E-state index contributed by atoms with van der Waals surface area (Å²) < 4.78 is 0. The van der Waals surface area contributed by atoms with E-state index in [0.29, 0.717) is 17.9 Å². The third-order valence-corrected chi connectivity index (χ3v) is 2.22. The first-order chi connectivity index (χ1) is 8.16. The summed E-state index contributed by atoms with van der Waals surface area (Å²) in [5.74, 6) is 0.346. The molecule has 0 aromatic carbocycles. The summed E-state index contributed by atoms with van der Waals surface area (Å²) >= 11 is 0. The quantitative estimate of drug-likeness (QED) is 0.765. The van der Waals surface area contributed by atoms with Crippen LogP contribution in [0.3, 0.4) is 0 Å². The fourth-order valence-corrected chi connectivity index (χ4v) is 1.40. The summed E-state index contributed by atoms with van der Waals surface area (Å²) in [6.07, 6.45) is 2.82.